The lowest BCUT2D eigenvalue weighted by molar-refractivity contribution is 0.161. The molecule has 0 aliphatic carbocycles. The van der Waals surface area contributed by atoms with Crippen LogP contribution in [0.2, 0.25) is 0 Å². The van der Waals surface area contributed by atoms with E-state index in [0.29, 0.717) is 13.2 Å². The first-order valence-corrected chi connectivity index (χ1v) is 5.84. The second kappa shape index (κ2) is 7.87. The van der Waals surface area contributed by atoms with Crippen LogP contribution in [0.4, 0.5) is 0 Å². The van der Waals surface area contributed by atoms with Crippen LogP contribution in [0.25, 0.3) is 0 Å². The standard InChI is InChI=1S/C14H21NO2/c1-4-10-17-11-9-15-12(2)13-7-5-6-8-14(13)16-3/h4-8,12,15H,1,9-11H2,2-3H3. The third-order valence-electron chi connectivity index (χ3n) is 2.54. The summed E-state index contributed by atoms with van der Waals surface area (Å²) in [6.45, 7) is 7.82. The van der Waals surface area contributed by atoms with E-state index in [1.807, 2.05) is 18.2 Å². The van der Waals surface area contributed by atoms with E-state index >= 15 is 0 Å². The summed E-state index contributed by atoms with van der Waals surface area (Å²) in [6, 6.07) is 8.29. The highest BCUT2D eigenvalue weighted by molar-refractivity contribution is 5.35. The molecule has 1 atom stereocenters. The number of rotatable bonds is 8. The molecule has 0 fully saturated rings. The van der Waals surface area contributed by atoms with Gasteiger partial charge in [-0.15, -0.1) is 6.58 Å². The molecule has 0 spiro atoms. The number of para-hydroxylation sites is 1. The first kappa shape index (κ1) is 13.7. The molecule has 3 nitrogen and oxygen atoms in total. The van der Waals surface area contributed by atoms with Crippen LogP contribution in [0.15, 0.2) is 36.9 Å². The third kappa shape index (κ3) is 4.59. The summed E-state index contributed by atoms with van der Waals surface area (Å²) in [5, 5.41) is 3.39. The van der Waals surface area contributed by atoms with E-state index in [-0.39, 0.29) is 6.04 Å². The molecule has 0 aromatic heterocycles. The van der Waals surface area contributed by atoms with Crippen molar-refractivity contribution >= 4 is 0 Å². The topological polar surface area (TPSA) is 30.5 Å². The quantitative estimate of drug-likeness (QED) is 0.555. The van der Waals surface area contributed by atoms with E-state index in [2.05, 4.69) is 24.9 Å². The lowest BCUT2D eigenvalue weighted by Gasteiger charge is -2.17. The molecule has 17 heavy (non-hydrogen) atoms. The molecule has 1 aromatic rings. The van der Waals surface area contributed by atoms with Crippen molar-refractivity contribution in [3.05, 3.63) is 42.5 Å². The smallest absolute Gasteiger partial charge is 0.123 e. The number of hydrogen-bond donors (Lipinski definition) is 1. The van der Waals surface area contributed by atoms with Gasteiger partial charge in [-0.3, -0.25) is 0 Å². The SMILES string of the molecule is C=CCOCCNC(C)c1ccccc1OC. The molecule has 0 aliphatic heterocycles. The van der Waals surface area contributed by atoms with Crippen LogP contribution in [0, 0.1) is 0 Å². The highest BCUT2D eigenvalue weighted by atomic mass is 16.5. The van der Waals surface area contributed by atoms with Crippen LogP contribution in [-0.2, 0) is 4.74 Å². The Morgan fingerprint density at radius 1 is 1.41 bits per heavy atom. The largest absolute Gasteiger partial charge is 0.496 e. The maximum Gasteiger partial charge on any atom is 0.123 e. The van der Waals surface area contributed by atoms with Crippen LogP contribution < -0.4 is 10.1 Å². The molecule has 0 saturated heterocycles. The summed E-state index contributed by atoms with van der Waals surface area (Å²) < 4.78 is 10.6. The van der Waals surface area contributed by atoms with Crippen molar-refractivity contribution in [2.45, 2.75) is 13.0 Å². The average Bonchev–Trinajstić information content (AvgIpc) is 2.38. The molecule has 1 rings (SSSR count). The van der Waals surface area contributed by atoms with Crippen molar-refractivity contribution in [1.82, 2.24) is 5.32 Å². The van der Waals surface area contributed by atoms with Gasteiger partial charge >= 0.3 is 0 Å². The predicted octanol–water partition coefficient (Wildman–Crippen LogP) is 2.55. The van der Waals surface area contributed by atoms with Gasteiger partial charge in [0.25, 0.3) is 0 Å². The molecule has 0 radical (unpaired) electrons. The van der Waals surface area contributed by atoms with Gasteiger partial charge in [0.05, 0.1) is 20.3 Å². The van der Waals surface area contributed by atoms with Gasteiger partial charge < -0.3 is 14.8 Å². The highest BCUT2D eigenvalue weighted by Crippen LogP contribution is 2.23. The molecule has 0 saturated carbocycles. The Morgan fingerprint density at radius 2 is 2.18 bits per heavy atom. The maximum atomic E-state index is 5.33. The zero-order valence-electron chi connectivity index (χ0n) is 10.6. The summed E-state index contributed by atoms with van der Waals surface area (Å²) in [6.07, 6.45) is 1.75. The van der Waals surface area contributed by atoms with Crippen molar-refractivity contribution in [2.75, 3.05) is 26.9 Å². The molecule has 1 unspecified atom stereocenters. The fourth-order valence-electron chi connectivity index (χ4n) is 1.65. The number of nitrogens with one attached hydrogen (secondary N) is 1. The summed E-state index contributed by atoms with van der Waals surface area (Å²) in [4.78, 5) is 0. The monoisotopic (exact) mass is 235 g/mol. The van der Waals surface area contributed by atoms with Gasteiger partial charge in [0.2, 0.25) is 0 Å². The summed E-state index contributed by atoms with van der Waals surface area (Å²) in [5.41, 5.74) is 1.17. The Bertz CT molecular complexity index is 339. The average molecular weight is 235 g/mol. The number of methoxy groups -OCH3 is 1. The van der Waals surface area contributed by atoms with Crippen molar-refractivity contribution in [3.63, 3.8) is 0 Å². The Labute approximate surface area is 103 Å². The highest BCUT2D eigenvalue weighted by Gasteiger charge is 2.09. The minimum Gasteiger partial charge on any atom is -0.496 e. The van der Waals surface area contributed by atoms with Crippen LogP contribution in [0.5, 0.6) is 5.75 Å². The minimum absolute atomic E-state index is 0.249. The summed E-state index contributed by atoms with van der Waals surface area (Å²) in [5.74, 6) is 0.916. The molecule has 0 bridgehead atoms. The Morgan fingerprint density at radius 3 is 2.88 bits per heavy atom. The second-order valence-corrected chi connectivity index (χ2v) is 3.78. The van der Waals surface area contributed by atoms with Crippen molar-refractivity contribution in [1.29, 1.82) is 0 Å². The fourth-order valence-corrected chi connectivity index (χ4v) is 1.65. The van der Waals surface area contributed by atoms with Gasteiger partial charge in [-0.05, 0) is 13.0 Å². The molecular formula is C14H21NO2. The zero-order valence-corrected chi connectivity index (χ0v) is 10.6. The molecule has 1 aromatic carbocycles. The van der Waals surface area contributed by atoms with Crippen LogP contribution in [-0.4, -0.2) is 26.9 Å². The van der Waals surface area contributed by atoms with Gasteiger partial charge in [0, 0.05) is 18.2 Å². The Kier molecular flexibility index (Phi) is 6.37. The van der Waals surface area contributed by atoms with Crippen molar-refractivity contribution in [3.8, 4) is 5.75 Å². The van der Waals surface area contributed by atoms with E-state index in [9.17, 15) is 0 Å². The van der Waals surface area contributed by atoms with Gasteiger partial charge in [0.1, 0.15) is 5.75 Å². The second-order valence-electron chi connectivity index (χ2n) is 3.78. The minimum atomic E-state index is 0.249. The Hall–Kier alpha value is -1.32. The normalized spacial score (nSPS) is 12.1. The lowest BCUT2D eigenvalue weighted by Crippen LogP contribution is -2.23. The number of ether oxygens (including phenoxy) is 2. The van der Waals surface area contributed by atoms with E-state index < -0.39 is 0 Å². The fraction of sp³-hybridized carbons (Fsp3) is 0.429. The predicted molar refractivity (Wildman–Crippen MR) is 70.4 cm³/mol. The zero-order chi connectivity index (χ0) is 12.5. The van der Waals surface area contributed by atoms with Crippen molar-refractivity contribution in [2.24, 2.45) is 0 Å². The van der Waals surface area contributed by atoms with E-state index in [1.165, 1.54) is 5.56 Å². The molecule has 94 valence electrons. The summed E-state index contributed by atoms with van der Waals surface area (Å²) >= 11 is 0. The molecular weight excluding hydrogens is 214 g/mol. The first-order valence-electron chi connectivity index (χ1n) is 5.84. The van der Waals surface area contributed by atoms with Crippen molar-refractivity contribution < 1.29 is 9.47 Å². The van der Waals surface area contributed by atoms with E-state index in [1.54, 1.807) is 13.2 Å². The maximum absolute atomic E-state index is 5.33. The van der Waals surface area contributed by atoms with Gasteiger partial charge in [-0.25, -0.2) is 0 Å². The molecule has 0 aliphatic rings. The molecule has 0 amide bonds. The van der Waals surface area contributed by atoms with Gasteiger partial charge in [0.15, 0.2) is 0 Å². The first-order chi connectivity index (χ1) is 8.29. The summed E-state index contributed by atoms with van der Waals surface area (Å²) in [7, 11) is 1.69. The molecule has 1 N–H and O–H groups in total. The lowest BCUT2D eigenvalue weighted by atomic mass is 10.1. The Balaban J connectivity index is 2.40. The van der Waals surface area contributed by atoms with Crippen LogP contribution in [0.3, 0.4) is 0 Å². The molecule has 3 heteroatoms. The number of hydrogen-bond acceptors (Lipinski definition) is 3. The van der Waals surface area contributed by atoms with E-state index in [0.717, 1.165) is 12.3 Å². The van der Waals surface area contributed by atoms with Gasteiger partial charge in [-0.1, -0.05) is 24.3 Å². The third-order valence-corrected chi connectivity index (χ3v) is 2.54. The molecule has 0 heterocycles. The van der Waals surface area contributed by atoms with Crippen LogP contribution >= 0.6 is 0 Å². The number of benzene rings is 1. The van der Waals surface area contributed by atoms with E-state index in [4.69, 9.17) is 9.47 Å². The van der Waals surface area contributed by atoms with Crippen LogP contribution in [0.1, 0.15) is 18.5 Å². The van der Waals surface area contributed by atoms with Gasteiger partial charge in [-0.2, -0.15) is 0 Å².